The topological polar surface area (TPSA) is 38.3 Å². The molecule has 17 heavy (non-hydrogen) atoms. The van der Waals surface area contributed by atoms with Gasteiger partial charge in [-0.2, -0.15) is 0 Å². The number of carbonyl (C=O) groups is 1. The number of ether oxygens (including phenoxy) is 1. The van der Waals surface area contributed by atoms with E-state index >= 15 is 0 Å². The molecule has 0 saturated carbocycles. The van der Waals surface area contributed by atoms with Crippen LogP contribution in [-0.4, -0.2) is 19.2 Å². The van der Waals surface area contributed by atoms with Crippen molar-refractivity contribution in [3.63, 3.8) is 0 Å². The summed E-state index contributed by atoms with van der Waals surface area (Å²) in [5.74, 6) is 0. The maximum absolute atomic E-state index is 11.2. The van der Waals surface area contributed by atoms with E-state index in [1.165, 1.54) is 7.11 Å². The van der Waals surface area contributed by atoms with Crippen molar-refractivity contribution in [2.75, 3.05) is 7.11 Å². The fourth-order valence-electron chi connectivity index (χ4n) is 1.55. The van der Waals surface area contributed by atoms with Crippen LogP contribution in [0, 0.1) is 0 Å². The predicted molar refractivity (Wildman–Crippen MR) is 69.3 cm³/mol. The van der Waals surface area contributed by atoms with Gasteiger partial charge < -0.3 is 10.1 Å². The van der Waals surface area contributed by atoms with Gasteiger partial charge in [-0.3, -0.25) is 0 Å². The normalized spacial score (nSPS) is 11.6. The first-order valence-corrected chi connectivity index (χ1v) is 5.74. The summed E-state index contributed by atoms with van der Waals surface area (Å²) in [6, 6.07) is 7.52. The highest BCUT2D eigenvalue weighted by molar-refractivity contribution is 6.31. The third-order valence-electron chi connectivity index (χ3n) is 2.38. The summed E-state index contributed by atoms with van der Waals surface area (Å²) in [5, 5.41) is 3.45. The zero-order valence-corrected chi connectivity index (χ0v) is 10.5. The fraction of sp³-hybridized carbons (Fsp3) is 0.308. The van der Waals surface area contributed by atoms with Gasteiger partial charge >= 0.3 is 6.09 Å². The Morgan fingerprint density at radius 3 is 2.88 bits per heavy atom. The number of nitrogens with one attached hydrogen (secondary N) is 1. The molecule has 1 rings (SSSR count). The largest absolute Gasteiger partial charge is 0.453 e. The number of rotatable bonds is 5. The number of methoxy groups -OCH3 is 1. The number of carbonyl (C=O) groups excluding carboxylic acids is 1. The number of alkyl carbamates (subject to hydrolysis) is 1. The number of amides is 1. The van der Waals surface area contributed by atoms with Crippen LogP contribution in [0.15, 0.2) is 36.9 Å². The molecule has 1 atom stereocenters. The summed E-state index contributed by atoms with van der Waals surface area (Å²) >= 11 is 6.07. The summed E-state index contributed by atoms with van der Waals surface area (Å²) in [5.41, 5.74) is 0.998. The highest BCUT2D eigenvalue weighted by atomic mass is 35.5. The van der Waals surface area contributed by atoms with Crippen molar-refractivity contribution in [2.45, 2.75) is 18.9 Å². The van der Waals surface area contributed by atoms with Crippen LogP contribution in [0.1, 0.15) is 12.0 Å². The lowest BCUT2D eigenvalue weighted by Gasteiger charge is -2.17. The van der Waals surface area contributed by atoms with Crippen molar-refractivity contribution in [3.05, 3.63) is 47.5 Å². The van der Waals surface area contributed by atoms with E-state index in [-0.39, 0.29) is 6.04 Å². The Morgan fingerprint density at radius 1 is 1.59 bits per heavy atom. The summed E-state index contributed by atoms with van der Waals surface area (Å²) < 4.78 is 4.58. The minimum Gasteiger partial charge on any atom is -0.453 e. The lowest BCUT2D eigenvalue weighted by molar-refractivity contribution is 0.166. The Hall–Kier alpha value is -1.48. The second-order valence-corrected chi connectivity index (χ2v) is 4.06. The Kier molecular flexibility index (Phi) is 5.57. The van der Waals surface area contributed by atoms with E-state index < -0.39 is 6.09 Å². The zero-order chi connectivity index (χ0) is 12.7. The lowest BCUT2D eigenvalue weighted by atomic mass is 10.0. The van der Waals surface area contributed by atoms with E-state index in [0.717, 1.165) is 5.56 Å². The van der Waals surface area contributed by atoms with Crippen LogP contribution < -0.4 is 5.32 Å². The SMILES string of the molecule is C=CC[C@@H](Cc1ccccc1Cl)NC(=O)OC. The molecule has 0 aliphatic heterocycles. The highest BCUT2D eigenvalue weighted by Crippen LogP contribution is 2.17. The van der Waals surface area contributed by atoms with Gasteiger partial charge in [0.2, 0.25) is 0 Å². The van der Waals surface area contributed by atoms with Crippen molar-refractivity contribution in [1.82, 2.24) is 5.32 Å². The highest BCUT2D eigenvalue weighted by Gasteiger charge is 2.13. The molecule has 0 heterocycles. The van der Waals surface area contributed by atoms with Gasteiger partial charge in [0.25, 0.3) is 0 Å². The van der Waals surface area contributed by atoms with Crippen molar-refractivity contribution in [3.8, 4) is 0 Å². The van der Waals surface area contributed by atoms with Crippen molar-refractivity contribution < 1.29 is 9.53 Å². The fourth-order valence-corrected chi connectivity index (χ4v) is 1.76. The van der Waals surface area contributed by atoms with Crippen molar-refractivity contribution in [2.24, 2.45) is 0 Å². The molecule has 1 aromatic carbocycles. The monoisotopic (exact) mass is 253 g/mol. The van der Waals surface area contributed by atoms with E-state index in [1.807, 2.05) is 24.3 Å². The van der Waals surface area contributed by atoms with Crippen LogP contribution in [0.5, 0.6) is 0 Å². The van der Waals surface area contributed by atoms with E-state index in [2.05, 4.69) is 16.6 Å². The molecule has 0 radical (unpaired) electrons. The first kappa shape index (κ1) is 13.6. The summed E-state index contributed by atoms with van der Waals surface area (Å²) in [4.78, 5) is 11.2. The first-order chi connectivity index (χ1) is 8.17. The van der Waals surface area contributed by atoms with Gasteiger partial charge in [0.1, 0.15) is 0 Å². The summed E-state index contributed by atoms with van der Waals surface area (Å²) in [6.45, 7) is 3.67. The van der Waals surface area contributed by atoms with E-state index in [9.17, 15) is 4.79 Å². The van der Waals surface area contributed by atoms with Crippen LogP contribution in [0.4, 0.5) is 4.79 Å². The van der Waals surface area contributed by atoms with Gasteiger partial charge in [0.05, 0.1) is 7.11 Å². The minimum absolute atomic E-state index is 0.0557. The predicted octanol–water partition coefficient (Wildman–Crippen LogP) is 3.18. The average molecular weight is 254 g/mol. The lowest BCUT2D eigenvalue weighted by Crippen LogP contribution is -2.36. The van der Waals surface area contributed by atoms with Crippen molar-refractivity contribution in [1.29, 1.82) is 0 Å². The molecule has 0 aliphatic rings. The summed E-state index contributed by atoms with van der Waals surface area (Å²) in [6.07, 6.45) is 2.64. The zero-order valence-electron chi connectivity index (χ0n) is 9.78. The molecule has 0 spiro atoms. The maximum Gasteiger partial charge on any atom is 0.407 e. The number of hydrogen-bond donors (Lipinski definition) is 1. The summed E-state index contributed by atoms with van der Waals surface area (Å²) in [7, 11) is 1.34. The van der Waals surface area contributed by atoms with Gasteiger partial charge in [-0.25, -0.2) is 4.79 Å². The second kappa shape index (κ2) is 6.97. The maximum atomic E-state index is 11.2. The molecule has 0 saturated heterocycles. The second-order valence-electron chi connectivity index (χ2n) is 3.65. The standard InChI is InChI=1S/C13H16ClNO2/c1-3-6-11(15-13(16)17-2)9-10-7-4-5-8-12(10)14/h3-5,7-8,11H,1,6,9H2,2H3,(H,15,16)/t11-/m0/s1. The Bertz CT molecular complexity index is 393. The van der Waals surface area contributed by atoms with Crippen LogP contribution in [0.2, 0.25) is 5.02 Å². The number of hydrogen-bond acceptors (Lipinski definition) is 2. The quantitative estimate of drug-likeness (QED) is 0.819. The molecule has 0 aliphatic carbocycles. The van der Waals surface area contributed by atoms with Gasteiger partial charge in [-0.15, -0.1) is 6.58 Å². The molecule has 0 bridgehead atoms. The van der Waals surface area contributed by atoms with Crippen LogP contribution >= 0.6 is 11.6 Å². The average Bonchev–Trinajstić information content (AvgIpc) is 2.32. The van der Waals surface area contributed by atoms with Gasteiger partial charge in [0.15, 0.2) is 0 Å². The molecule has 1 N–H and O–H groups in total. The van der Waals surface area contributed by atoms with Gasteiger partial charge in [0, 0.05) is 11.1 Å². The van der Waals surface area contributed by atoms with E-state index in [0.29, 0.717) is 17.9 Å². The van der Waals surface area contributed by atoms with Gasteiger partial charge in [-0.05, 0) is 24.5 Å². The molecule has 0 fully saturated rings. The molecule has 1 aromatic rings. The number of benzene rings is 1. The molecular formula is C13H16ClNO2. The molecule has 3 nitrogen and oxygen atoms in total. The first-order valence-electron chi connectivity index (χ1n) is 5.36. The smallest absolute Gasteiger partial charge is 0.407 e. The third-order valence-corrected chi connectivity index (χ3v) is 2.75. The molecule has 1 amide bonds. The minimum atomic E-state index is -0.441. The van der Waals surface area contributed by atoms with Crippen LogP contribution in [0.25, 0.3) is 0 Å². The molecule has 0 aromatic heterocycles. The third kappa shape index (κ3) is 4.49. The molecule has 92 valence electrons. The number of halogens is 1. The van der Waals surface area contributed by atoms with Gasteiger partial charge in [-0.1, -0.05) is 35.9 Å². The molecule has 0 unspecified atom stereocenters. The Morgan fingerprint density at radius 2 is 2.29 bits per heavy atom. The van der Waals surface area contributed by atoms with Crippen LogP contribution in [0.3, 0.4) is 0 Å². The Labute approximate surface area is 106 Å². The van der Waals surface area contributed by atoms with Crippen molar-refractivity contribution >= 4 is 17.7 Å². The molecule has 4 heteroatoms. The van der Waals surface area contributed by atoms with E-state index in [1.54, 1.807) is 6.08 Å². The molecular weight excluding hydrogens is 238 g/mol. The van der Waals surface area contributed by atoms with Crippen LogP contribution in [-0.2, 0) is 11.2 Å². The van der Waals surface area contributed by atoms with E-state index in [4.69, 9.17) is 11.6 Å². The Balaban J connectivity index is 2.69.